The first-order valence-corrected chi connectivity index (χ1v) is 8.52. The standard InChI is InChI=1S/C21H23NO3/c1-15-11-18(17-7-4-3-5-8-17)12-16(2)21(15)24-10-6-9-20-13-19(14-23)22-25-20/h3-5,7-8,11-13,23H,6,9-10,14H2,1-2H3. The Morgan fingerprint density at radius 2 is 1.72 bits per heavy atom. The van der Waals surface area contributed by atoms with Crippen molar-refractivity contribution in [1.82, 2.24) is 5.16 Å². The molecule has 0 aliphatic carbocycles. The molecule has 0 radical (unpaired) electrons. The molecule has 0 saturated heterocycles. The van der Waals surface area contributed by atoms with Gasteiger partial charge in [-0.15, -0.1) is 0 Å². The van der Waals surface area contributed by atoms with Gasteiger partial charge >= 0.3 is 0 Å². The van der Waals surface area contributed by atoms with Crippen molar-refractivity contribution in [2.75, 3.05) is 6.61 Å². The van der Waals surface area contributed by atoms with E-state index in [0.717, 1.165) is 35.5 Å². The van der Waals surface area contributed by atoms with E-state index < -0.39 is 0 Å². The number of benzene rings is 2. The van der Waals surface area contributed by atoms with E-state index in [0.29, 0.717) is 12.3 Å². The molecule has 2 aromatic carbocycles. The van der Waals surface area contributed by atoms with Crippen LogP contribution in [0.15, 0.2) is 53.1 Å². The molecule has 0 amide bonds. The monoisotopic (exact) mass is 337 g/mol. The molecule has 1 heterocycles. The Labute approximate surface area is 148 Å². The molecule has 1 N–H and O–H groups in total. The molecule has 0 saturated carbocycles. The lowest BCUT2D eigenvalue weighted by atomic mass is 10.00. The van der Waals surface area contributed by atoms with Crippen LogP contribution in [0.4, 0.5) is 0 Å². The summed E-state index contributed by atoms with van der Waals surface area (Å²) < 4.78 is 11.2. The quantitative estimate of drug-likeness (QED) is 0.647. The highest BCUT2D eigenvalue weighted by Crippen LogP contribution is 2.30. The van der Waals surface area contributed by atoms with Gasteiger partial charge in [0.25, 0.3) is 0 Å². The Balaban J connectivity index is 1.61. The molecule has 4 nitrogen and oxygen atoms in total. The highest BCUT2D eigenvalue weighted by Gasteiger charge is 2.09. The molecule has 4 heteroatoms. The molecular weight excluding hydrogens is 314 g/mol. The second kappa shape index (κ2) is 7.99. The number of hydrogen-bond acceptors (Lipinski definition) is 4. The van der Waals surface area contributed by atoms with Crippen LogP contribution in [0, 0.1) is 13.8 Å². The van der Waals surface area contributed by atoms with E-state index >= 15 is 0 Å². The van der Waals surface area contributed by atoms with E-state index in [-0.39, 0.29) is 6.61 Å². The van der Waals surface area contributed by atoms with Crippen LogP contribution < -0.4 is 4.74 Å². The third-order valence-electron chi connectivity index (χ3n) is 4.15. The summed E-state index contributed by atoms with van der Waals surface area (Å²) in [6.45, 7) is 4.69. The SMILES string of the molecule is Cc1cc(-c2ccccc2)cc(C)c1OCCCc1cc(CO)no1. The minimum atomic E-state index is -0.0911. The van der Waals surface area contributed by atoms with E-state index in [9.17, 15) is 0 Å². The summed E-state index contributed by atoms with van der Waals surface area (Å²) in [6, 6.07) is 16.5. The minimum absolute atomic E-state index is 0.0911. The maximum atomic E-state index is 8.99. The lowest BCUT2D eigenvalue weighted by Crippen LogP contribution is -2.02. The Hall–Kier alpha value is -2.59. The van der Waals surface area contributed by atoms with Gasteiger partial charge in [0.1, 0.15) is 17.2 Å². The van der Waals surface area contributed by atoms with Crippen molar-refractivity contribution in [3.8, 4) is 16.9 Å². The fourth-order valence-electron chi connectivity index (χ4n) is 2.94. The normalized spacial score (nSPS) is 10.8. The zero-order valence-corrected chi connectivity index (χ0v) is 14.7. The van der Waals surface area contributed by atoms with Crippen molar-refractivity contribution in [2.24, 2.45) is 0 Å². The topological polar surface area (TPSA) is 55.5 Å². The first-order valence-electron chi connectivity index (χ1n) is 8.52. The maximum absolute atomic E-state index is 8.99. The highest BCUT2D eigenvalue weighted by molar-refractivity contribution is 5.67. The Morgan fingerprint density at radius 3 is 2.36 bits per heavy atom. The molecule has 0 aliphatic heterocycles. The van der Waals surface area contributed by atoms with E-state index in [1.807, 2.05) is 6.07 Å². The van der Waals surface area contributed by atoms with Gasteiger partial charge in [-0.3, -0.25) is 0 Å². The van der Waals surface area contributed by atoms with Gasteiger partial charge in [-0.1, -0.05) is 35.5 Å². The Kier molecular flexibility index (Phi) is 5.51. The van der Waals surface area contributed by atoms with E-state index in [1.54, 1.807) is 6.07 Å². The number of aliphatic hydroxyl groups excluding tert-OH is 1. The number of aliphatic hydroxyl groups is 1. The maximum Gasteiger partial charge on any atom is 0.137 e. The van der Waals surface area contributed by atoms with E-state index in [2.05, 4.69) is 55.4 Å². The molecule has 1 aromatic heterocycles. The van der Waals surface area contributed by atoms with Crippen molar-refractivity contribution in [3.05, 3.63) is 71.1 Å². The van der Waals surface area contributed by atoms with Gasteiger partial charge < -0.3 is 14.4 Å². The fraction of sp³-hybridized carbons (Fsp3) is 0.286. The van der Waals surface area contributed by atoms with Crippen LogP contribution in [0.3, 0.4) is 0 Å². The van der Waals surface area contributed by atoms with Crippen LogP contribution in [0.1, 0.15) is 29.0 Å². The summed E-state index contributed by atoms with van der Waals surface area (Å²) in [4.78, 5) is 0. The van der Waals surface area contributed by atoms with E-state index in [1.165, 1.54) is 11.1 Å². The molecule has 0 bridgehead atoms. The third kappa shape index (κ3) is 4.28. The summed E-state index contributed by atoms with van der Waals surface area (Å²) >= 11 is 0. The highest BCUT2D eigenvalue weighted by atomic mass is 16.5. The molecule has 0 atom stereocenters. The molecule has 3 aromatic rings. The lowest BCUT2D eigenvalue weighted by Gasteiger charge is -2.14. The average Bonchev–Trinajstić information content (AvgIpc) is 3.09. The van der Waals surface area contributed by atoms with Crippen LogP contribution in [-0.2, 0) is 13.0 Å². The first-order chi connectivity index (χ1) is 12.2. The lowest BCUT2D eigenvalue weighted by molar-refractivity contribution is 0.263. The number of nitrogens with zero attached hydrogens (tertiary/aromatic N) is 1. The zero-order chi connectivity index (χ0) is 17.6. The first kappa shape index (κ1) is 17.2. The predicted molar refractivity (Wildman–Crippen MR) is 97.6 cm³/mol. The molecular formula is C21H23NO3. The van der Waals surface area contributed by atoms with Gasteiger partial charge in [0.2, 0.25) is 0 Å². The van der Waals surface area contributed by atoms with Gasteiger partial charge in [-0.25, -0.2) is 0 Å². The summed E-state index contributed by atoms with van der Waals surface area (Å²) in [5, 5.41) is 12.8. The zero-order valence-electron chi connectivity index (χ0n) is 14.7. The largest absolute Gasteiger partial charge is 0.493 e. The second-order valence-corrected chi connectivity index (χ2v) is 6.20. The third-order valence-corrected chi connectivity index (χ3v) is 4.15. The van der Waals surface area contributed by atoms with Crippen molar-refractivity contribution in [3.63, 3.8) is 0 Å². The molecule has 0 aliphatic rings. The number of aromatic nitrogens is 1. The number of ether oxygens (including phenoxy) is 1. The summed E-state index contributed by atoms with van der Waals surface area (Å²) in [6.07, 6.45) is 1.58. The van der Waals surface area contributed by atoms with Crippen molar-refractivity contribution < 1.29 is 14.4 Å². The average molecular weight is 337 g/mol. The van der Waals surface area contributed by atoms with Crippen LogP contribution in [0.5, 0.6) is 5.75 Å². The minimum Gasteiger partial charge on any atom is -0.493 e. The van der Waals surface area contributed by atoms with Crippen molar-refractivity contribution in [1.29, 1.82) is 0 Å². The van der Waals surface area contributed by atoms with Gasteiger partial charge in [-0.05, 0) is 54.7 Å². The molecule has 0 unspecified atom stereocenters. The summed E-state index contributed by atoms with van der Waals surface area (Å²) in [5.41, 5.74) is 5.27. The number of hydrogen-bond donors (Lipinski definition) is 1. The fourth-order valence-corrected chi connectivity index (χ4v) is 2.94. The Bertz CT molecular complexity index is 801. The van der Waals surface area contributed by atoms with Crippen LogP contribution in [-0.4, -0.2) is 16.9 Å². The molecule has 0 spiro atoms. The van der Waals surface area contributed by atoms with Crippen LogP contribution in [0.2, 0.25) is 0 Å². The van der Waals surface area contributed by atoms with Crippen molar-refractivity contribution in [2.45, 2.75) is 33.3 Å². The summed E-state index contributed by atoms with van der Waals surface area (Å²) in [7, 11) is 0. The van der Waals surface area contributed by atoms with Crippen molar-refractivity contribution >= 4 is 0 Å². The van der Waals surface area contributed by atoms with Gasteiger partial charge in [0.15, 0.2) is 0 Å². The smallest absolute Gasteiger partial charge is 0.137 e. The second-order valence-electron chi connectivity index (χ2n) is 6.20. The van der Waals surface area contributed by atoms with Gasteiger partial charge in [0.05, 0.1) is 13.2 Å². The van der Waals surface area contributed by atoms with E-state index in [4.69, 9.17) is 14.4 Å². The molecule has 25 heavy (non-hydrogen) atoms. The number of aryl methyl sites for hydroxylation is 3. The molecule has 3 rings (SSSR count). The molecule has 0 fully saturated rings. The predicted octanol–water partition coefficient (Wildman–Crippen LogP) is 4.46. The van der Waals surface area contributed by atoms with Crippen LogP contribution in [0.25, 0.3) is 11.1 Å². The van der Waals surface area contributed by atoms with Gasteiger partial charge in [0, 0.05) is 12.5 Å². The van der Waals surface area contributed by atoms with Crippen LogP contribution >= 0.6 is 0 Å². The Morgan fingerprint density at radius 1 is 1.00 bits per heavy atom. The molecule has 130 valence electrons. The number of rotatable bonds is 7. The van der Waals surface area contributed by atoms with Gasteiger partial charge in [-0.2, -0.15) is 0 Å². The summed E-state index contributed by atoms with van der Waals surface area (Å²) in [5.74, 6) is 1.73.